The van der Waals surface area contributed by atoms with Crippen molar-refractivity contribution in [2.24, 2.45) is 0 Å². The Bertz CT molecular complexity index is 1080. The standard InChI is InChI=1S/C22H24ClN5O2S/c1-15-9-10-19(30-2)17(13-15)24-20(29)14-31-22-26-25-21(27-11-5-6-12-27)28(22)18-8-4-3-7-16(18)23/h3-4,7-10,13H,5-6,11-12,14H2,1-2H3,(H,24,29). The quantitative estimate of drug-likeness (QED) is 0.524. The molecule has 7 nitrogen and oxygen atoms in total. The molecule has 31 heavy (non-hydrogen) atoms. The molecule has 9 heteroatoms. The minimum Gasteiger partial charge on any atom is -0.495 e. The number of aryl methyl sites for hydroxylation is 1. The maximum absolute atomic E-state index is 12.7. The van der Waals surface area contributed by atoms with E-state index in [0.717, 1.165) is 43.1 Å². The maximum Gasteiger partial charge on any atom is 0.234 e. The highest BCUT2D eigenvalue weighted by Gasteiger charge is 2.24. The molecule has 1 N–H and O–H groups in total. The molecule has 1 aliphatic rings. The van der Waals surface area contributed by atoms with Crippen LogP contribution in [0.3, 0.4) is 0 Å². The van der Waals surface area contributed by atoms with Crippen LogP contribution in [-0.2, 0) is 4.79 Å². The Balaban J connectivity index is 1.55. The number of nitrogens with zero attached hydrogens (tertiary/aromatic N) is 4. The summed E-state index contributed by atoms with van der Waals surface area (Å²) in [5, 5.41) is 13.0. The van der Waals surface area contributed by atoms with E-state index in [1.54, 1.807) is 7.11 Å². The second-order valence-electron chi connectivity index (χ2n) is 7.30. The maximum atomic E-state index is 12.7. The van der Waals surface area contributed by atoms with Gasteiger partial charge in [-0.2, -0.15) is 0 Å². The normalized spacial score (nSPS) is 13.5. The highest BCUT2D eigenvalue weighted by Crippen LogP contribution is 2.32. The summed E-state index contributed by atoms with van der Waals surface area (Å²) < 4.78 is 7.29. The van der Waals surface area contributed by atoms with Gasteiger partial charge in [0.05, 0.1) is 29.3 Å². The number of rotatable bonds is 7. The average Bonchev–Trinajstić information content (AvgIpc) is 3.42. The molecule has 1 aromatic heterocycles. The topological polar surface area (TPSA) is 72.3 Å². The van der Waals surface area contributed by atoms with E-state index in [9.17, 15) is 4.79 Å². The lowest BCUT2D eigenvalue weighted by Gasteiger charge is -2.19. The van der Waals surface area contributed by atoms with Crippen LogP contribution in [0.1, 0.15) is 18.4 Å². The molecule has 4 rings (SSSR count). The van der Waals surface area contributed by atoms with Crippen molar-refractivity contribution < 1.29 is 9.53 Å². The fourth-order valence-electron chi connectivity index (χ4n) is 3.56. The summed E-state index contributed by atoms with van der Waals surface area (Å²) in [5.74, 6) is 1.42. The molecule has 0 bridgehead atoms. The van der Waals surface area contributed by atoms with Crippen LogP contribution in [0.4, 0.5) is 11.6 Å². The molecular formula is C22H24ClN5O2S. The molecule has 0 atom stereocenters. The lowest BCUT2D eigenvalue weighted by molar-refractivity contribution is -0.113. The first-order chi connectivity index (χ1) is 15.1. The van der Waals surface area contributed by atoms with Crippen LogP contribution in [0.5, 0.6) is 5.75 Å². The second-order valence-corrected chi connectivity index (χ2v) is 8.65. The van der Waals surface area contributed by atoms with Crippen molar-refractivity contribution >= 4 is 40.9 Å². The van der Waals surface area contributed by atoms with Crippen LogP contribution < -0.4 is 15.0 Å². The van der Waals surface area contributed by atoms with E-state index in [4.69, 9.17) is 16.3 Å². The van der Waals surface area contributed by atoms with Crippen molar-refractivity contribution in [1.82, 2.24) is 14.8 Å². The third-order valence-corrected chi connectivity index (χ3v) is 6.31. The Kier molecular flexibility index (Phi) is 6.67. The number of nitrogens with one attached hydrogen (secondary N) is 1. The van der Waals surface area contributed by atoms with E-state index in [-0.39, 0.29) is 11.7 Å². The summed E-state index contributed by atoms with van der Waals surface area (Å²) in [7, 11) is 1.58. The zero-order valence-electron chi connectivity index (χ0n) is 17.5. The van der Waals surface area contributed by atoms with Crippen LogP contribution >= 0.6 is 23.4 Å². The van der Waals surface area contributed by atoms with Gasteiger partial charge in [-0.25, -0.2) is 0 Å². The van der Waals surface area contributed by atoms with Gasteiger partial charge in [0.2, 0.25) is 11.9 Å². The van der Waals surface area contributed by atoms with Gasteiger partial charge < -0.3 is 15.0 Å². The van der Waals surface area contributed by atoms with Crippen LogP contribution in [-0.4, -0.2) is 46.6 Å². The van der Waals surface area contributed by atoms with Gasteiger partial charge in [-0.1, -0.05) is 41.6 Å². The average molecular weight is 458 g/mol. The first-order valence-electron chi connectivity index (χ1n) is 10.1. The molecule has 1 fully saturated rings. The van der Waals surface area contributed by atoms with Crippen LogP contribution in [0.15, 0.2) is 47.6 Å². The van der Waals surface area contributed by atoms with Gasteiger partial charge >= 0.3 is 0 Å². The number of benzene rings is 2. The number of methoxy groups -OCH3 is 1. The van der Waals surface area contributed by atoms with Crippen molar-refractivity contribution in [2.75, 3.05) is 36.2 Å². The Morgan fingerprint density at radius 1 is 1.19 bits per heavy atom. The van der Waals surface area contributed by atoms with Crippen molar-refractivity contribution in [1.29, 1.82) is 0 Å². The van der Waals surface area contributed by atoms with Gasteiger partial charge in [-0.05, 0) is 49.6 Å². The number of anilines is 2. The summed E-state index contributed by atoms with van der Waals surface area (Å²) in [6.07, 6.45) is 2.25. The van der Waals surface area contributed by atoms with Crippen molar-refractivity contribution in [3.05, 3.63) is 53.1 Å². The SMILES string of the molecule is COc1ccc(C)cc1NC(=O)CSc1nnc(N2CCCC2)n1-c1ccccc1Cl. The van der Waals surface area contributed by atoms with Gasteiger partial charge in [-0.3, -0.25) is 9.36 Å². The summed E-state index contributed by atoms with van der Waals surface area (Å²) in [4.78, 5) is 14.9. The van der Waals surface area contributed by atoms with E-state index >= 15 is 0 Å². The first-order valence-corrected chi connectivity index (χ1v) is 11.5. The molecule has 2 heterocycles. The van der Waals surface area contributed by atoms with E-state index < -0.39 is 0 Å². The van der Waals surface area contributed by atoms with E-state index in [0.29, 0.717) is 21.6 Å². The minimum absolute atomic E-state index is 0.148. The van der Waals surface area contributed by atoms with Gasteiger partial charge in [-0.15, -0.1) is 10.2 Å². The molecule has 162 valence electrons. The Labute approximate surface area is 190 Å². The predicted octanol–water partition coefficient (Wildman–Crippen LogP) is 4.57. The fourth-order valence-corrected chi connectivity index (χ4v) is 4.52. The predicted molar refractivity (Wildman–Crippen MR) is 125 cm³/mol. The minimum atomic E-state index is -0.148. The number of ether oxygens (including phenoxy) is 1. The van der Waals surface area contributed by atoms with E-state index in [2.05, 4.69) is 20.4 Å². The molecule has 2 aromatic carbocycles. The van der Waals surface area contributed by atoms with Crippen LogP contribution in [0.2, 0.25) is 5.02 Å². The lowest BCUT2D eigenvalue weighted by Crippen LogP contribution is -2.22. The third kappa shape index (κ3) is 4.80. The fraction of sp³-hybridized carbons (Fsp3) is 0.318. The largest absolute Gasteiger partial charge is 0.495 e. The summed E-state index contributed by atoms with van der Waals surface area (Å²) >= 11 is 7.81. The summed E-state index contributed by atoms with van der Waals surface area (Å²) in [6, 6.07) is 13.3. The van der Waals surface area contributed by atoms with Gasteiger partial charge in [0.1, 0.15) is 5.75 Å². The van der Waals surface area contributed by atoms with E-state index in [1.165, 1.54) is 11.8 Å². The van der Waals surface area contributed by atoms with Crippen molar-refractivity contribution in [3.63, 3.8) is 0 Å². The number of carbonyl (C=O) groups excluding carboxylic acids is 1. The molecule has 1 aliphatic heterocycles. The van der Waals surface area contributed by atoms with Crippen LogP contribution in [0.25, 0.3) is 5.69 Å². The monoisotopic (exact) mass is 457 g/mol. The smallest absolute Gasteiger partial charge is 0.234 e. The number of aromatic nitrogens is 3. The zero-order valence-corrected chi connectivity index (χ0v) is 19.0. The van der Waals surface area contributed by atoms with Gasteiger partial charge in [0.15, 0.2) is 5.16 Å². The molecule has 0 aliphatic carbocycles. The van der Waals surface area contributed by atoms with E-state index in [1.807, 2.05) is 54.0 Å². The molecular weight excluding hydrogens is 434 g/mol. The van der Waals surface area contributed by atoms with Gasteiger partial charge in [0, 0.05) is 13.1 Å². The number of hydrogen-bond acceptors (Lipinski definition) is 6. The number of amides is 1. The summed E-state index contributed by atoms with van der Waals surface area (Å²) in [5.41, 5.74) is 2.50. The molecule has 1 amide bonds. The Morgan fingerprint density at radius 3 is 2.71 bits per heavy atom. The van der Waals surface area contributed by atoms with Gasteiger partial charge in [0.25, 0.3) is 0 Å². The Morgan fingerprint density at radius 2 is 1.97 bits per heavy atom. The summed E-state index contributed by atoms with van der Waals surface area (Å²) in [6.45, 7) is 3.83. The Hall–Kier alpha value is -2.71. The molecule has 0 spiro atoms. The lowest BCUT2D eigenvalue weighted by atomic mass is 10.2. The van der Waals surface area contributed by atoms with Crippen molar-refractivity contribution in [3.8, 4) is 11.4 Å². The third-order valence-electron chi connectivity index (χ3n) is 5.06. The van der Waals surface area contributed by atoms with Crippen LogP contribution in [0, 0.1) is 6.92 Å². The molecule has 3 aromatic rings. The number of para-hydroxylation sites is 1. The highest BCUT2D eigenvalue weighted by atomic mass is 35.5. The number of thioether (sulfide) groups is 1. The number of carbonyl (C=O) groups is 1. The zero-order chi connectivity index (χ0) is 21.8. The molecule has 0 radical (unpaired) electrons. The second kappa shape index (κ2) is 9.62. The molecule has 0 saturated carbocycles. The first kappa shape index (κ1) is 21.5. The van der Waals surface area contributed by atoms with Crippen molar-refractivity contribution in [2.45, 2.75) is 24.9 Å². The number of hydrogen-bond donors (Lipinski definition) is 1. The number of halogens is 1. The highest BCUT2D eigenvalue weighted by molar-refractivity contribution is 7.99. The molecule has 0 unspecified atom stereocenters. The molecule has 1 saturated heterocycles.